The highest BCUT2D eigenvalue weighted by atomic mass is 127. The number of guanidine groups is 1. The first-order chi connectivity index (χ1) is 11.6. The largest absolute Gasteiger partial charge is 0.385 e. The van der Waals surface area contributed by atoms with E-state index >= 15 is 0 Å². The van der Waals surface area contributed by atoms with E-state index in [0.717, 1.165) is 25.5 Å². The van der Waals surface area contributed by atoms with Gasteiger partial charge in [0.2, 0.25) is 0 Å². The molecule has 0 spiro atoms. The van der Waals surface area contributed by atoms with Crippen molar-refractivity contribution >= 4 is 39.8 Å². The van der Waals surface area contributed by atoms with Gasteiger partial charge in [0.15, 0.2) is 5.96 Å². The van der Waals surface area contributed by atoms with Crippen LogP contribution in [0.1, 0.15) is 52.4 Å². The molecular weight excluding hydrogens is 465 g/mol. The Bertz CT molecular complexity index is 530. The monoisotopic (exact) mass is 503 g/mol. The fourth-order valence-corrected chi connectivity index (χ4v) is 4.25. The lowest BCUT2D eigenvalue weighted by atomic mass is 9.83. The van der Waals surface area contributed by atoms with Crippen LogP contribution in [0.4, 0.5) is 0 Å². The van der Waals surface area contributed by atoms with Crippen LogP contribution in [0.3, 0.4) is 0 Å². The maximum Gasteiger partial charge on any atom is 0.191 e. The van der Waals surface area contributed by atoms with Crippen LogP contribution in [0.2, 0.25) is 0 Å². The Balaban J connectivity index is 0.00000625. The van der Waals surface area contributed by atoms with Crippen molar-refractivity contribution in [2.45, 2.75) is 52.4 Å². The predicted molar refractivity (Wildman–Crippen MR) is 120 cm³/mol. The molecule has 6 nitrogen and oxygen atoms in total. The van der Waals surface area contributed by atoms with Gasteiger partial charge < -0.3 is 15.4 Å². The maximum absolute atomic E-state index is 11.4. The van der Waals surface area contributed by atoms with Crippen molar-refractivity contribution in [1.82, 2.24) is 10.6 Å². The van der Waals surface area contributed by atoms with Crippen molar-refractivity contribution in [1.29, 1.82) is 0 Å². The van der Waals surface area contributed by atoms with Crippen LogP contribution in [0.15, 0.2) is 4.99 Å². The number of halogens is 1. The van der Waals surface area contributed by atoms with Crippen LogP contribution < -0.4 is 10.6 Å². The molecule has 0 saturated heterocycles. The molecule has 26 heavy (non-hydrogen) atoms. The number of nitrogens with zero attached hydrogens (tertiary/aromatic N) is 1. The summed E-state index contributed by atoms with van der Waals surface area (Å²) in [5, 5.41) is 6.83. The first-order valence-corrected chi connectivity index (χ1v) is 11.3. The average Bonchev–Trinajstić information content (AvgIpc) is 3.00. The summed E-state index contributed by atoms with van der Waals surface area (Å²) in [7, 11) is 0.607. The van der Waals surface area contributed by atoms with E-state index in [1.165, 1.54) is 31.9 Å². The number of rotatable bonds is 10. The summed E-state index contributed by atoms with van der Waals surface area (Å²) < 4.78 is 28.0. The molecular formula is C18H38IN3O3S. The highest BCUT2D eigenvalue weighted by Crippen LogP contribution is 2.40. The zero-order chi connectivity index (χ0) is 19.0. The van der Waals surface area contributed by atoms with Gasteiger partial charge in [-0.1, -0.05) is 26.7 Å². The molecule has 1 rings (SSSR count). The minimum atomic E-state index is -2.93. The molecule has 2 N–H and O–H groups in total. The number of nitrogens with one attached hydrogen (secondary N) is 2. The smallest absolute Gasteiger partial charge is 0.191 e. The SMILES string of the molecule is CN=C(NCC(C)(C)CCS(C)(=O)=O)NCC1(CCOC)CCCC1.I. The Kier molecular flexibility index (Phi) is 11.6. The fourth-order valence-electron chi connectivity index (χ4n) is 3.32. The van der Waals surface area contributed by atoms with Gasteiger partial charge in [-0.15, -0.1) is 24.0 Å². The van der Waals surface area contributed by atoms with Gasteiger partial charge in [0.25, 0.3) is 0 Å². The minimum absolute atomic E-state index is 0. The van der Waals surface area contributed by atoms with E-state index in [1.54, 1.807) is 14.2 Å². The van der Waals surface area contributed by atoms with Gasteiger partial charge in [0.1, 0.15) is 9.84 Å². The molecule has 0 heterocycles. The van der Waals surface area contributed by atoms with Gasteiger partial charge in [0.05, 0.1) is 5.75 Å². The second-order valence-corrected chi connectivity index (χ2v) is 10.5. The summed E-state index contributed by atoms with van der Waals surface area (Å²) in [4.78, 5) is 4.32. The Morgan fingerprint density at radius 2 is 1.85 bits per heavy atom. The molecule has 0 aromatic heterocycles. The van der Waals surface area contributed by atoms with Gasteiger partial charge >= 0.3 is 0 Å². The Morgan fingerprint density at radius 3 is 2.35 bits per heavy atom. The van der Waals surface area contributed by atoms with Crippen molar-refractivity contribution in [3.63, 3.8) is 0 Å². The maximum atomic E-state index is 11.4. The Morgan fingerprint density at radius 1 is 1.23 bits per heavy atom. The van der Waals surface area contributed by atoms with Crippen LogP contribution in [0, 0.1) is 10.8 Å². The summed E-state index contributed by atoms with van der Waals surface area (Å²) in [6.07, 6.45) is 8.05. The zero-order valence-electron chi connectivity index (χ0n) is 17.1. The average molecular weight is 503 g/mol. The summed E-state index contributed by atoms with van der Waals surface area (Å²) in [6.45, 7) is 6.55. The minimum Gasteiger partial charge on any atom is -0.385 e. The van der Waals surface area contributed by atoms with Crippen LogP contribution in [-0.4, -0.2) is 60.2 Å². The van der Waals surface area contributed by atoms with Crippen LogP contribution in [0.25, 0.3) is 0 Å². The molecule has 0 unspecified atom stereocenters. The summed E-state index contributed by atoms with van der Waals surface area (Å²) in [6, 6.07) is 0. The van der Waals surface area contributed by atoms with Gasteiger partial charge in [-0.3, -0.25) is 4.99 Å². The molecule has 0 bridgehead atoms. The lowest BCUT2D eigenvalue weighted by molar-refractivity contribution is 0.138. The Labute approximate surface area is 177 Å². The molecule has 0 aromatic carbocycles. The second kappa shape index (κ2) is 11.7. The third kappa shape index (κ3) is 10.3. The molecule has 1 fully saturated rings. The van der Waals surface area contributed by atoms with E-state index < -0.39 is 9.84 Å². The topological polar surface area (TPSA) is 79.8 Å². The number of sulfone groups is 1. The second-order valence-electron chi connectivity index (χ2n) is 8.27. The zero-order valence-corrected chi connectivity index (χ0v) is 20.2. The molecule has 8 heteroatoms. The van der Waals surface area contributed by atoms with E-state index in [4.69, 9.17) is 4.74 Å². The molecule has 0 atom stereocenters. The molecule has 1 aliphatic rings. The lowest BCUT2D eigenvalue weighted by Gasteiger charge is -2.31. The number of aliphatic imine (C=N–C) groups is 1. The van der Waals surface area contributed by atoms with Gasteiger partial charge in [-0.05, 0) is 36.5 Å². The van der Waals surface area contributed by atoms with Gasteiger partial charge in [-0.2, -0.15) is 0 Å². The fraction of sp³-hybridized carbons (Fsp3) is 0.944. The Hall–Kier alpha value is -0.0900. The van der Waals surface area contributed by atoms with E-state index in [2.05, 4.69) is 29.5 Å². The van der Waals surface area contributed by atoms with Gasteiger partial charge in [0, 0.05) is 40.1 Å². The van der Waals surface area contributed by atoms with E-state index in [1.807, 2.05) is 0 Å². The molecule has 1 aliphatic carbocycles. The first-order valence-electron chi connectivity index (χ1n) is 9.23. The number of hydrogen-bond donors (Lipinski definition) is 2. The van der Waals surface area contributed by atoms with Crippen molar-refractivity contribution < 1.29 is 13.2 Å². The number of ether oxygens (including phenoxy) is 1. The molecule has 0 radical (unpaired) electrons. The summed E-state index contributed by atoms with van der Waals surface area (Å²) in [5.74, 6) is 1.00. The van der Waals surface area contributed by atoms with Crippen molar-refractivity contribution in [2.24, 2.45) is 15.8 Å². The molecule has 0 amide bonds. The quantitative estimate of drug-likeness (QED) is 0.272. The summed E-state index contributed by atoms with van der Waals surface area (Å²) >= 11 is 0. The normalized spacial score (nSPS) is 17.7. The van der Waals surface area contributed by atoms with E-state index in [0.29, 0.717) is 18.4 Å². The molecule has 0 aromatic rings. The summed E-state index contributed by atoms with van der Waals surface area (Å²) in [5.41, 5.74) is 0.196. The highest BCUT2D eigenvalue weighted by Gasteiger charge is 2.33. The van der Waals surface area contributed by atoms with Crippen molar-refractivity contribution in [3.05, 3.63) is 0 Å². The molecule has 0 aliphatic heterocycles. The highest BCUT2D eigenvalue weighted by molar-refractivity contribution is 14.0. The van der Waals surface area contributed by atoms with Crippen LogP contribution in [-0.2, 0) is 14.6 Å². The molecule has 156 valence electrons. The van der Waals surface area contributed by atoms with Crippen molar-refractivity contribution in [2.75, 3.05) is 45.9 Å². The number of hydrogen-bond acceptors (Lipinski definition) is 4. The van der Waals surface area contributed by atoms with Crippen LogP contribution in [0.5, 0.6) is 0 Å². The lowest BCUT2D eigenvalue weighted by Crippen LogP contribution is -2.46. The van der Waals surface area contributed by atoms with Crippen molar-refractivity contribution in [3.8, 4) is 0 Å². The third-order valence-electron chi connectivity index (χ3n) is 5.24. The predicted octanol–water partition coefficient (Wildman–Crippen LogP) is 2.83. The third-order valence-corrected chi connectivity index (χ3v) is 6.18. The van der Waals surface area contributed by atoms with Gasteiger partial charge in [-0.25, -0.2) is 8.42 Å². The van der Waals surface area contributed by atoms with E-state index in [9.17, 15) is 8.42 Å². The standard InChI is InChI=1S/C18H37N3O3S.HI/c1-17(2,11-13-25(5,22)23)14-20-16(19-3)21-15-18(10-12-24-4)8-6-7-9-18;/h6-15H2,1-5H3,(H2,19,20,21);1H. The first kappa shape index (κ1) is 25.9. The van der Waals surface area contributed by atoms with Crippen LogP contribution >= 0.6 is 24.0 Å². The number of methoxy groups -OCH3 is 1. The molecule has 1 saturated carbocycles. The van der Waals surface area contributed by atoms with E-state index in [-0.39, 0.29) is 35.1 Å².